The molecule has 2 atom stereocenters. The molecule has 1 aromatic carbocycles. The maximum Gasteiger partial charge on any atom is 0.258 e. The van der Waals surface area contributed by atoms with Gasteiger partial charge in [0.1, 0.15) is 17.2 Å². The molecule has 0 aromatic heterocycles. The minimum absolute atomic E-state index is 0.0572. The van der Waals surface area contributed by atoms with Crippen molar-refractivity contribution < 1.29 is 24.2 Å². The molecular weight excluding hydrogens is 356 g/mol. The predicted molar refractivity (Wildman–Crippen MR) is 84.8 cm³/mol. The van der Waals surface area contributed by atoms with Crippen molar-refractivity contribution >= 4 is 41.1 Å². The Hall–Kier alpha value is -2.19. The summed E-state index contributed by atoms with van der Waals surface area (Å²) < 4.78 is 5.31. The molecule has 1 aromatic rings. The van der Waals surface area contributed by atoms with Gasteiger partial charge in [-0.15, -0.1) is 11.8 Å². The molecule has 126 valence electrons. The van der Waals surface area contributed by atoms with E-state index in [-0.39, 0.29) is 23.1 Å². The van der Waals surface area contributed by atoms with Crippen molar-refractivity contribution in [1.82, 2.24) is 10.2 Å². The zero-order valence-electron chi connectivity index (χ0n) is 12.2. The van der Waals surface area contributed by atoms with Crippen LogP contribution in [-0.2, 0) is 14.4 Å². The molecule has 2 amide bonds. The first-order valence-electron chi connectivity index (χ1n) is 7.01. The van der Waals surface area contributed by atoms with Gasteiger partial charge in [0, 0.05) is 5.75 Å². The minimum atomic E-state index is -1.50. The van der Waals surface area contributed by atoms with Crippen LogP contribution in [0.5, 0.6) is 5.75 Å². The van der Waals surface area contributed by atoms with Crippen molar-refractivity contribution in [2.45, 2.75) is 11.4 Å². The van der Waals surface area contributed by atoms with Gasteiger partial charge in [0.25, 0.3) is 11.8 Å². The van der Waals surface area contributed by atoms with E-state index in [4.69, 9.17) is 16.3 Å². The van der Waals surface area contributed by atoms with Gasteiger partial charge in [-0.2, -0.15) is 0 Å². The van der Waals surface area contributed by atoms with E-state index in [1.807, 2.05) is 6.07 Å². The summed E-state index contributed by atoms with van der Waals surface area (Å²) in [4.78, 5) is 36.3. The van der Waals surface area contributed by atoms with E-state index in [0.29, 0.717) is 5.75 Å². The molecule has 1 fully saturated rings. The van der Waals surface area contributed by atoms with E-state index in [1.54, 1.807) is 24.3 Å². The molecule has 2 aliphatic heterocycles. The number of carbonyl (C=O) groups is 3. The van der Waals surface area contributed by atoms with Crippen LogP contribution in [0.2, 0.25) is 0 Å². The third-order valence-electron chi connectivity index (χ3n) is 3.54. The molecule has 0 unspecified atom stereocenters. The monoisotopic (exact) mass is 367 g/mol. The fourth-order valence-corrected chi connectivity index (χ4v) is 4.00. The molecule has 1 saturated heterocycles. The second-order valence-corrected chi connectivity index (χ2v) is 6.66. The summed E-state index contributed by atoms with van der Waals surface area (Å²) in [6.45, 7) is -0.241. The molecule has 2 heterocycles. The van der Waals surface area contributed by atoms with Crippen LogP contribution >= 0.6 is 23.4 Å². The van der Waals surface area contributed by atoms with Crippen molar-refractivity contribution in [2.24, 2.45) is 0 Å². The van der Waals surface area contributed by atoms with E-state index in [1.165, 1.54) is 11.8 Å². The first-order valence-corrected chi connectivity index (χ1v) is 8.43. The van der Waals surface area contributed by atoms with Crippen LogP contribution in [0.25, 0.3) is 0 Å². The number of carbonyl (C=O) groups excluding carboxylic acids is 3. The second-order valence-electron chi connectivity index (χ2n) is 5.10. The summed E-state index contributed by atoms with van der Waals surface area (Å²) in [5, 5.41) is 13.2. The van der Waals surface area contributed by atoms with Gasteiger partial charge >= 0.3 is 0 Å². The number of β-lactam (4-membered cyclic amide) rings is 1. The number of hydrogen-bond acceptors (Lipinski definition) is 6. The summed E-state index contributed by atoms with van der Waals surface area (Å²) in [5.74, 6) is -1.72. The minimum Gasteiger partial charge on any atom is -0.543 e. The Labute approximate surface area is 146 Å². The van der Waals surface area contributed by atoms with Crippen molar-refractivity contribution in [1.29, 1.82) is 0 Å². The number of ether oxygens (including phenoxy) is 1. The molecule has 2 aliphatic rings. The lowest BCUT2D eigenvalue weighted by molar-refractivity contribution is -0.301. The van der Waals surface area contributed by atoms with Crippen LogP contribution in [0.3, 0.4) is 0 Å². The van der Waals surface area contributed by atoms with Gasteiger partial charge in [-0.25, -0.2) is 0 Å². The first kappa shape index (κ1) is 16.7. The number of nitrogens with one attached hydrogen (secondary N) is 1. The molecule has 3 rings (SSSR count). The van der Waals surface area contributed by atoms with E-state index in [0.717, 1.165) is 4.90 Å². The summed E-state index contributed by atoms with van der Waals surface area (Å²) in [7, 11) is 0. The highest BCUT2D eigenvalue weighted by Crippen LogP contribution is 2.40. The molecule has 24 heavy (non-hydrogen) atoms. The Bertz CT molecular complexity index is 724. The van der Waals surface area contributed by atoms with Gasteiger partial charge in [-0.3, -0.25) is 14.5 Å². The molecule has 9 heteroatoms. The van der Waals surface area contributed by atoms with Crippen molar-refractivity contribution in [3.8, 4) is 5.75 Å². The lowest BCUT2D eigenvalue weighted by Crippen LogP contribution is -2.71. The maximum absolute atomic E-state index is 12.1. The number of halogens is 1. The number of thioether (sulfide) groups is 1. The smallest absolute Gasteiger partial charge is 0.258 e. The van der Waals surface area contributed by atoms with Crippen LogP contribution in [0.1, 0.15) is 0 Å². The number of nitrogens with zero attached hydrogens (tertiary/aromatic N) is 1. The molecule has 0 aliphatic carbocycles. The fraction of sp³-hybridized carbons (Fsp3) is 0.267. The van der Waals surface area contributed by atoms with Crippen LogP contribution in [-0.4, -0.2) is 46.5 Å². The molecule has 0 bridgehead atoms. The summed E-state index contributed by atoms with van der Waals surface area (Å²) in [5.41, 5.74) is -0.323. The van der Waals surface area contributed by atoms with E-state index in [2.05, 4.69) is 5.32 Å². The summed E-state index contributed by atoms with van der Waals surface area (Å²) in [6, 6.07) is 7.98. The Morgan fingerprint density at radius 2 is 2.08 bits per heavy atom. The third-order valence-corrected chi connectivity index (χ3v) is 5.30. The number of carboxylic acid groups (broad SMARTS) is 1. The normalized spacial score (nSPS) is 22.5. The van der Waals surface area contributed by atoms with E-state index >= 15 is 0 Å². The lowest BCUT2D eigenvalue weighted by atomic mass is 10.1. The van der Waals surface area contributed by atoms with Crippen molar-refractivity contribution in [2.75, 3.05) is 12.4 Å². The number of amides is 2. The number of carboxylic acids is 1. The first-order chi connectivity index (χ1) is 11.5. The number of fused-ring (bicyclic) bond motifs is 1. The van der Waals surface area contributed by atoms with Crippen LogP contribution in [0.4, 0.5) is 0 Å². The Balaban J connectivity index is 1.59. The Kier molecular flexibility index (Phi) is 4.68. The van der Waals surface area contributed by atoms with Gasteiger partial charge in [0.05, 0.1) is 16.7 Å². The average Bonchev–Trinajstić information content (AvgIpc) is 2.58. The fourth-order valence-electron chi connectivity index (χ4n) is 2.45. The Morgan fingerprint density at radius 1 is 1.38 bits per heavy atom. The summed E-state index contributed by atoms with van der Waals surface area (Å²) in [6.07, 6.45) is 0. The quantitative estimate of drug-likeness (QED) is 0.715. The molecule has 0 spiro atoms. The highest BCUT2D eigenvalue weighted by atomic mass is 35.5. The molecule has 1 N–H and O–H groups in total. The van der Waals surface area contributed by atoms with E-state index < -0.39 is 29.2 Å². The molecule has 0 radical (unpaired) electrons. The van der Waals surface area contributed by atoms with Crippen molar-refractivity contribution in [3.63, 3.8) is 0 Å². The summed E-state index contributed by atoms with van der Waals surface area (Å²) >= 11 is 7.12. The van der Waals surface area contributed by atoms with Gasteiger partial charge in [0.15, 0.2) is 6.61 Å². The molecule has 7 nitrogen and oxygen atoms in total. The number of para-hydroxylation sites is 1. The van der Waals surface area contributed by atoms with Crippen LogP contribution in [0, 0.1) is 0 Å². The van der Waals surface area contributed by atoms with Crippen LogP contribution in [0.15, 0.2) is 41.1 Å². The predicted octanol–water partition coefficient (Wildman–Crippen LogP) is -0.334. The standard InChI is InChI=1S/C15H13ClN2O5S/c16-9-7-24-14-11(13(20)18(14)12(9)15(21)22)17-10(19)6-23-8-4-2-1-3-5-8/h1-5,11,14H,6-7H2,(H,17,19)(H,21,22)/p-1/t11-,14+/m1/s1. The highest BCUT2D eigenvalue weighted by molar-refractivity contribution is 8.00. The van der Waals surface area contributed by atoms with E-state index in [9.17, 15) is 19.5 Å². The average molecular weight is 368 g/mol. The number of hydrogen-bond donors (Lipinski definition) is 1. The second kappa shape index (κ2) is 6.74. The number of benzene rings is 1. The maximum atomic E-state index is 12.1. The number of aliphatic carboxylic acids is 1. The van der Waals surface area contributed by atoms with Gasteiger partial charge in [-0.1, -0.05) is 29.8 Å². The largest absolute Gasteiger partial charge is 0.543 e. The Morgan fingerprint density at radius 3 is 2.75 bits per heavy atom. The molecule has 0 saturated carbocycles. The SMILES string of the molecule is O=C(COc1ccccc1)N[C@@H]1C(=O)N2C(C(=O)[O-])=C(Cl)CS[C@@H]12. The lowest BCUT2D eigenvalue weighted by Gasteiger charge is -2.50. The zero-order valence-corrected chi connectivity index (χ0v) is 13.8. The van der Waals surface area contributed by atoms with Crippen LogP contribution < -0.4 is 15.2 Å². The number of rotatable bonds is 5. The van der Waals surface area contributed by atoms with Gasteiger partial charge in [0.2, 0.25) is 0 Å². The topological polar surface area (TPSA) is 98.8 Å². The third kappa shape index (κ3) is 3.07. The highest BCUT2D eigenvalue weighted by Gasteiger charge is 2.52. The zero-order chi connectivity index (χ0) is 17.3. The molecular formula is C15H12ClN2O5S-. The van der Waals surface area contributed by atoms with Crippen molar-refractivity contribution in [3.05, 3.63) is 41.1 Å². The van der Waals surface area contributed by atoms with Gasteiger partial charge < -0.3 is 20.0 Å². The van der Waals surface area contributed by atoms with Gasteiger partial charge in [-0.05, 0) is 12.1 Å².